The average Bonchev–Trinajstić information content (AvgIpc) is 3.35. The molecule has 29 heavy (non-hydrogen) atoms. The molecule has 0 unspecified atom stereocenters. The van der Waals surface area contributed by atoms with Gasteiger partial charge in [0.1, 0.15) is 0 Å². The molecule has 0 radical (unpaired) electrons. The topological polar surface area (TPSA) is 86.1 Å². The Labute approximate surface area is 174 Å². The zero-order chi connectivity index (χ0) is 20.4. The van der Waals surface area contributed by atoms with Crippen LogP contribution < -0.4 is 10.9 Å². The first-order chi connectivity index (χ1) is 14.1. The second-order valence-electron chi connectivity index (χ2n) is 8.20. The second-order valence-corrected chi connectivity index (χ2v) is 9.14. The van der Waals surface area contributed by atoms with E-state index in [4.69, 9.17) is 4.74 Å². The number of carbonyl (C=O) groups is 1. The second kappa shape index (κ2) is 8.83. The minimum absolute atomic E-state index is 0.0149. The molecule has 8 heteroatoms. The Morgan fingerprint density at radius 2 is 2.28 bits per heavy atom. The number of fused-ring (bicyclic) bond motifs is 3. The Balaban J connectivity index is 1.44. The fraction of sp³-hybridized carbons (Fsp3) is 0.619. The van der Waals surface area contributed by atoms with Crippen LogP contribution >= 0.6 is 11.8 Å². The van der Waals surface area contributed by atoms with Crippen LogP contribution in [0.25, 0.3) is 11.0 Å². The summed E-state index contributed by atoms with van der Waals surface area (Å²) in [6.07, 6.45) is 6.86. The van der Waals surface area contributed by atoms with Gasteiger partial charge in [0.25, 0.3) is 5.56 Å². The first-order valence-corrected chi connectivity index (χ1v) is 11.3. The maximum Gasteiger partial charge on any atom is 0.263 e. The molecular formula is C21H28N4O3S. The Morgan fingerprint density at radius 1 is 1.41 bits per heavy atom. The summed E-state index contributed by atoms with van der Waals surface area (Å²) in [6.45, 7) is 2.91. The summed E-state index contributed by atoms with van der Waals surface area (Å²) < 4.78 is 6.71. The van der Waals surface area contributed by atoms with E-state index in [-0.39, 0.29) is 23.3 Å². The highest BCUT2D eigenvalue weighted by Gasteiger charge is 2.42. The highest BCUT2D eigenvalue weighted by atomic mass is 32.2. The van der Waals surface area contributed by atoms with Gasteiger partial charge in [0.2, 0.25) is 5.91 Å². The normalized spacial score (nSPS) is 24.1. The summed E-state index contributed by atoms with van der Waals surface area (Å²) in [7, 11) is 1.60. The molecule has 2 aromatic heterocycles. The van der Waals surface area contributed by atoms with Crippen molar-refractivity contribution in [2.24, 2.45) is 17.8 Å². The zero-order valence-corrected chi connectivity index (χ0v) is 17.8. The maximum absolute atomic E-state index is 12.8. The number of rotatable bonds is 8. The van der Waals surface area contributed by atoms with Gasteiger partial charge in [0.15, 0.2) is 10.8 Å². The molecule has 4 atom stereocenters. The van der Waals surface area contributed by atoms with Crippen LogP contribution in [0.1, 0.15) is 32.6 Å². The molecule has 1 amide bonds. The summed E-state index contributed by atoms with van der Waals surface area (Å²) in [6, 6.07) is 3.64. The van der Waals surface area contributed by atoms with Crippen molar-refractivity contribution < 1.29 is 9.53 Å². The molecule has 0 aromatic carbocycles. The van der Waals surface area contributed by atoms with Crippen LogP contribution in [0.3, 0.4) is 0 Å². The Hall–Kier alpha value is -1.93. The molecule has 2 saturated carbocycles. The fourth-order valence-electron chi connectivity index (χ4n) is 4.97. The van der Waals surface area contributed by atoms with E-state index in [1.807, 2.05) is 0 Å². The SMILES string of the molecule is COCCn1c(SCC(=O)N[C@@H](C)[C@H]2C[C@H]3CC[C@H]2C3)nc2ncccc2c1=O. The molecule has 2 aliphatic carbocycles. The molecule has 156 valence electrons. The largest absolute Gasteiger partial charge is 0.383 e. The lowest BCUT2D eigenvalue weighted by molar-refractivity contribution is -0.119. The van der Waals surface area contributed by atoms with Crippen LogP contribution in [-0.2, 0) is 16.1 Å². The van der Waals surface area contributed by atoms with E-state index in [0.717, 1.165) is 11.8 Å². The molecule has 2 fully saturated rings. The first-order valence-electron chi connectivity index (χ1n) is 10.3. The van der Waals surface area contributed by atoms with Crippen molar-refractivity contribution in [3.63, 3.8) is 0 Å². The van der Waals surface area contributed by atoms with Gasteiger partial charge in [-0.15, -0.1) is 0 Å². The van der Waals surface area contributed by atoms with Crippen LogP contribution in [0.2, 0.25) is 0 Å². The van der Waals surface area contributed by atoms with Crippen LogP contribution in [0.5, 0.6) is 0 Å². The Morgan fingerprint density at radius 3 is 3.00 bits per heavy atom. The van der Waals surface area contributed by atoms with E-state index in [0.29, 0.717) is 35.3 Å². The quantitative estimate of drug-likeness (QED) is 0.526. The number of nitrogens with zero attached hydrogens (tertiary/aromatic N) is 3. The number of pyridine rings is 1. The number of hydrogen-bond acceptors (Lipinski definition) is 6. The van der Waals surface area contributed by atoms with Crippen LogP contribution in [0.15, 0.2) is 28.3 Å². The number of methoxy groups -OCH3 is 1. The van der Waals surface area contributed by atoms with Crippen molar-refractivity contribution in [2.75, 3.05) is 19.5 Å². The minimum Gasteiger partial charge on any atom is -0.383 e. The molecule has 0 spiro atoms. The number of nitrogens with one attached hydrogen (secondary N) is 1. The van der Waals surface area contributed by atoms with Gasteiger partial charge < -0.3 is 10.1 Å². The standard InChI is InChI=1S/C21H28N4O3S/c1-13(17-11-14-5-6-15(17)10-14)23-18(26)12-29-21-24-19-16(4-3-7-22-19)20(27)25(21)8-9-28-2/h3-4,7,13-15,17H,5-6,8-12H2,1-2H3,(H,23,26)/t13-,14-,15-,17+/m0/s1. The van der Waals surface area contributed by atoms with Gasteiger partial charge in [0, 0.05) is 19.3 Å². The highest BCUT2D eigenvalue weighted by molar-refractivity contribution is 7.99. The van der Waals surface area contributed by atoms with Gasteiger partial charge in [-0.3, -0.25) is 14.2 Å². The predicted molar refractivity (Wildman–Crippen MR) is 113 cm³/mol. The van der Waals surface area contributed by atoms with Crippen molar-refractivity contribution in [1.29, 1.82) is 0 Å². The van der Waals surface area contributed by atoms with E-state index < -0.39 is 0 Å². The Kier molecular flexibility index (Phi) is 6.20. The minimum atomic E-state index is -0.154. The average molecular weight is 417 g/mol. The van der Waals surface area contributed by atoms with Crippen LogP contribution in [0.4, 0.5) is 0 Å². The van der Waals surface area contributed by atoms with Crippen LogP contribution in [0, 0.1) is 17.8 Å². The molecule has 2 bridgehead atoms. The predicted octanol–water partition coefficient (Wildman–Crippen LogP) is 2.47. The van der Waals surface area contributed by atoms with Crippen molar-refractivity contribution >= 4 is 28.7 Å². The van der Waals surface area contributed by atoms with Crippen molar-refractivity contribution in [3.05, 3.63) is 28.7 Å². The lowest BCUT2D eigenvalue weighted by atomic mass is 9.84. The Bertz CT molecular complexity index is 947. The molecule has 2 aromatic rings. The molecule has 0 saturated heterocycles. The number of aromatic nitrogens is 3. The number of thioether (sulfide) groups is 1. The third-order valence-electron chi connectivity index (χ3n) is 6.37. The van der Waals surface area contributed by atoms with E-state index >= 15 is 0 Å². The number of amides is 1. The number of ether oxygens (including phenoxy) is 1. The van der Waals surface area contributed by atoms with Gasteiger partial charge in [-0.05, 0) is 56.1 Å². The summed E-state index contributed by atoms with van der Waals surface area (Å²) >= 11 is 1.28. The smallest absolute Gasteiger partial charge is 0.263 e. The van der Waals surface area contributed by atoms with Crippen molar-refractivity contribution in [3.8, 4) is 0 Å². The summed E-state index contributed by atoms with van der Waals surface area (Å²) in [4.78, 5) is 34.1. The monoisotopic (exact) mass is 416 g/mol. The van der Waals surface area contributed by atoms with Gasteiger partial charge >= 0.3 is 0 Å². The molecule has 2 heterocycles. The lowest BCUT2D eigenvalue weighted by Gasteiger charge is -2.28. The highest BCUT2D eigenvalue weighted by Crippen LogP contribution is 2.49. The van der Waals surface area contributed by atoms with E-state index in [1.54, 1.807) is 30.0 Å². The number of carbonyl (C=O) groups excluding carboxylic acids is 1. The lowest BCUT2D eigenvalue weighted by Crippen LogP contribution is -2.41. The summed E-state index contributed by atoms with van der Waals surface area (Å²) in [5.41, 5.74) is 0.253. The molecule has 1 N–H and O–H groups in total. The summed E-state index contributed by atoms with van der Waals surface area (Å²) in [5.74, 6) is 2.45. The van der Waals surface area contributed by atoms with Gasteiger partial charge in [-0.25, -0.2) is 9.97 Å². The third-order valence-corrected chi connectivity index (χ3v) is 7.35. The van der Waals surface area contributed by atoms with Gasteiger partial charge in [-0.2, -0.15) is 0 Å². The van der Waals surface area contributed by atoms with E-state index in [9.17, 15) is 9.59 Å². The maximum atomic E-state index is 12.8. The molecule has 2 aliphatic rings. The zero-order valence-electron chi connectivity index (χ0n) is 17.0. The van der Waals surface area contributed by atoms with E-state index in [1.165, 1.54) is 37.4 Å². The van der Waals surface area contributed by atoms with Crippen LogP contribution in [-0.4, -0.2) is 46.0 Å². The van der Waals surface area contributed by atoms with Gasteiger partial charge in [-0.1, -0.05) is 18.2 Å². The fourth-order valence-corrected chi connectivity index (χ4v) is 5.79. The molecular weight excluding hydrogens is 388 g/mol. The van der Waals surface area contributed by atoms with E-state index in [2.05, 4.69) is 22.2 Å². The van der Waals surface area contributed by atoms with Crippen molar-refractivity contribution in [2.45, 2.75) is 50.4 Å². The molecule has 0 aliphatic heterocycles. The van der Waals surface area contributed by atoms with Gasteiger partial charge in [0.05, 0.1) is 24.3 Å². The first kappa shape index (κ1) is 20.3. The molecule has 4 rings (SSSR count). The number of hydrogen-bond donors (Lipinski definition) is 1. The third kappa shape index (κ3) is 4.33. The molecule has 7 nitrogen and oxygen atoms in total. The summed E-state index contributed by atoms with van der Waals surface area (Å²) in [5, 5.41) is 4.15. The van der Waals surface area contributed by atoms with Crippen molar-refractivity contribution in [1.82, 2.24) is 19.9 Å².